The lowest BCUT2D eigenvalue weighted by molar-refractivity contribution is 0.173. The summed E-state index contributed by atoms with van der Waals surface area (Å²) in [5.41, 5.74) is 2.27. The molecule has 5 nitrogen and oxygen atoms in total. The number of para-hydroxylation sites is 1. The molecule has 94 valence electrons. The molecule has 0 atom stereocenters. The lowest BCUT2D eigenvalue weighted by Crippen LogP contribution is -2.03. The van der Waals surface area contributed by atoms with Gasteiger partial charge in [-0.05, 0) is 12.1 Å². The number of hydrogen-bond acceptors (Lipinski definition) is 5. The number of pyridine rings is 1. The first-order valence-electron chi connectivity index (χ1n) is 5.84. The Morgan fingerprint density at radius 1 is 1.32 bits per heavy atom. The third-order valence-electron chi connectivity index (χ3n) is 2.89. The van der Waals surface area contributed by atoms with E-state index in [0.717, 1.165) is 17.1 Å². The van der Waals surface area contributed by atoms with Crippen LogP contribution in [0, 0.1) is 11.3 Å². The summed E-state index contributed by atoms with van der Waals surface area (Å²) < 4.78 is 10.8. The fourth-order valence-corrected chi connectivity index (χ4v) is 1.95. The van der Waals surface area contributed by atoms with Gasteiger partial charge in [0.05, 0.1) is 17.4 Å². The number of fused-ring (bicyclic) bond motifs is 1. The number of hydrogen-bond donors (Lipinski definition) is 1. The largest absolute Gasteiger partial charge is 0.454 e. The normalized spacial score (nSPS) is 11.9. The molecule has 0 amide bonds. The second-order valence-electron chi connectivity index (χ2n) is 4.04. The van der Waals surface area contributed by atoms with Gasteiger partial charge in [-0.25, -0.2) is 0 Å². The SMILES string of the molecule is N#Cc1ccncc1NCc1cccc2c1OCO2. The van der Waals surface area contributed by atoms with Crippen LogP contribution in [0.1, 0.15) is 11.1 Å². The lowest BCUT2D eigenvalue weighted by Gasteiger charge is -2.09. The molecule has 2 heterocycles. The summed E-state index contributed by atoms with van der Waals surface area (Å²) >= 11 is 0. The molecule has 0 saturated carbocycles. The van der Waals surface area contributed by atoms with E-state index in [1.165, 1.54) is 0 Å². The summed E-state index contributed by atoms with van der Waals surface area (Å²) in [5, 5.41) is 12.2. The number of aromatic nitrogens is 1. The van der Waals surface area contributed by atoms with Crippen LogP contribution in [0.5, 0.6) is 11.5 Å². The van der Waals surface area contributed by atoms with Crippen molar-refractivity contribution in [3.05, 3.63) is 47.8 Å². The van der Waals surface area contributed by atoms with Crippen LogP contribution in [0.25, 0.3) is 0 Å². The summed E-state index contributed by atoms with van der Waals surface area (Å²) in [6, 6.07) is 9.55. The van der Waals surface area contributed by atoms with E-state index in [-0.39, 0.29) is 6.79 Å². The zero-order valence-corrected chi connectivity index (χ0v) is 10.1. The molecule has 3 rings (SSSR count). The molecule has 0 fully saturated rings. The van der Waals surface area contributed by atoms with Crippen LogP contribution >= 0.6 is 0 Å². The Balaban J connectivity index is 1.80. The molecule has 0 saturated heterocycles. The molecule has 1 aromatic carbocycles. The van der Waals surface area contributed by atoms with Gasteiger partial charge >= 0.3 is 0 Å². The van der Waals surface area contributed by atoms with Crippen molar-refractivity contribution in [3.63, 3.8) is 0 Å². The monoisotopic (exact) mass is 253 g/mol. The van der Waals surface area contributed by atoms with Gasteiger partial charge < -0.3 is 14.8 Å². The van der Waals surface area contributed by atoms with Gasteiger partial charge in [-0.1, -0.05) is 12.1 Å². The van der Waals surface area contributed by atoms with Crippen LogP contribution in [0.15, 0.2) is 36.7 Å². The van der Waals surface area contributed by atoms with E-state index in [0.29, 0.717) is 17.8 Å². The molecule has 5 heteroatoms. The highest BCUT2D eigenvalue weighted by atomic mass is 16.7. The Kier molecular flexibility index (Phi) is 2.91. The van der Waals surface area contributed by atoms with Gasteiger partial charge in [0.15, 0.2) is 11.5 Å². The van der Waals surface area contributed by atoms with Gasteiger partial charge in [0.25, 0.3) is 0 Å². The number of nitriles is 1. The van der Waals surface area contributed by atoms with Crippen molar-refractivity contribution in [2.24, 2.45) is 0 Å². The van der Waals surface area contributed by atoms with Gasteiger partial charge in [0, 0.05) is 18.3 Å². The van der Waals surface area contributed by atoms with Crippen molar-refractivity contribution >= 4 is 5.69 Å². The van der Waals surface area contributed by atoms with E-state index < -0.39 is 0 Å². The standard InChI is InChI=1S/C14H11N3O2/c15-6-10-4-5-16-8-12(10)17-7-11-2-1-3-13-14(11)19-9-18-13/h1-5,8,17H,7,9H2. The first-order valence-corrected chi connectivity index (χ1v) is 5.84. The number of ether oxygens (including phenoxy) is 2. The van der Waals surface area contributed by atoms with Gasteiger partial charge in [-0.15, -0.1) is 0 Å². The van der Waals surface area contributed by atoms with Crippen molar-refractivity contribution < 1.29 is 9.47 Å². The first-order chi connectivity index (χ1) is 9.38. The van der Waals surface area contributed by atoms with Gasteiger partial charge in [-0.3, -0.25) is 4.98 Å². The minimum atomic E-state index is 0.253. The van der Waals surface area contributed by atoms with E-state index >= 15 is 0 Å². The molecule has 0 aliphatic carbocycles. The van der Waals surface area contributed by atoms with E-state index in [1.54, 1.807) is 18.5 Å². The fourth-order valence-electron chi connectivity index (χ4n) is 1.95. The average molecular weight is 253 g/mol. The van der Waals surface area contributed by atoms with Crippen molar-refractivity contribution in [1.82, 2.24) is 4.98 Å². The molecule has 1 aliphatic heterocycles. The number of anilines is 1. The quantitative estimate of drug-likeness (QED) is 0.909. The molecule has 0 radical (unpaired) electrons. The third kappa shape index (κ3) is 2.16. The molecular formula is C14H11N3O2. The van der Waals surface area contributed by atoms with Crippen LogP contribution in [0.4, 0.5) is 5.69 Å². The Labute approximate surface area is 110 Å². The van der Waals surface area contributed by atoms with Gasteiger partial charge in [0.1, 0.15) is 6.07 Å². The maximum Gasteiger partial charge on any atom is 0.231 e. The predicted molar refractivity (Wildman–Crippen MR) is 68.8 cm³/mol. The topological polar surface area (TPSA) is 67.2 Å². The number of nitrogens with one attached hydrogen (secondary N) is 1. The van der Waals surface area contributed by atoms with Crippen LogP contribution < -0.4 is 14.8 Å². The van der Waals surface area contributed by atoms with Crippen molar-refractivity contribution in [3.8, 4) is 17.6 Å². The maximum absolute atomic E-state index is 9.01. The molecule has 0 unspecified atom stereocenters. The first kappa shape index (κ1) is 11.4. The van der Waals surface area contributed by atoms with Crippen LogP contribution in [0.3, 0.4) is 0 Å². The summed E-state index contributed by atoms with van der Waals surface area (Å²) in [6.45, 7) is 0.801. The number of benzene rings is 1. The summed E-state index contributed by atoms with van der Waals surface area (Å²) in [7, 11) is 0. The minimum Gasteiger partial charge on any atom is -0.454 e. The lowest BCUT2D eigenvalue weighted by atomic mass is 10.1. The number of rotatable bonds is 3. The third-order valence-corrected chi connectivity index (χ3v) is 2.89. The van der Waals surface area contributed by atoms with E-state index in [1.807, 2.05) is 18.2 Å². The Morgan fingerprint density at radius 3 is 3.16 bits per heavy atom. The van der Waals surface area contributed by atoms with Crippen molar-refractivity contribution in [1.29, 1.82) is 5.26 Å². The highest BCUT2D eigenvalue weighted by Crippen LogP contribution is 2.35. The molecule has 1 N–H and O–H groups in total. The van der Waals surface area contributed by atoms with Crippen molar-refractivity contribution in [2.45, 2.75) is 6.54 Å². The minimum absolute atomic E-state index is 0.253. The molecular weight excluding hydrogens is 242 g/mol. The predicted octanol–water partition coefficient (Wildman–Crippen LogP) is 2.29. The van der Waals surface area contributed by atoms with E-state index in [9.17, 15) is 0 Å². The highest BCUT2D eigenvalue weighted by Gasteiger charge is 2.16. The van der Waals surface area contributed by atoms with E-state index in [4.69, 9.17) is 14.7 Å². The molecule has 19 heavy (non-hydrogen) atoms. The Bertz CT molecular complexity index is 649. The molecule has 0 spiro atoms. The summed E-state index contributed by atoms with van der Waals surface area (Å²) in [4.78, 5) is 4.01. The van der Waals surface area contributed by atoms with Gasteiger partial charge in [-0.2, -0.15) is 5.26 Å². The summed E-state index contributed by atoms with van der Waals surface area (Å²) in [6.07, 6.45) is 3.24. The molecule has 1 aromatic heterocycles. The van der Waals surface area contributed by atoms with E-state index in [2.05, 4.69) is 16.4 Å². The van der Waals surface area contributed by atoms with Gasteiger partial charge in [0.2, 0.25) is 6.79 Å². The molecule has 1 aliphatic rings. The molecule has 2 aromatic rings. The van der Waals surface area contributed by atoms with Crippen LogP contribution in [-0.4, -0.2) is 11.8 Å². The van der Waals surface area contributed by atoms with Crippen molar-refractivity contribution in [2.75, 3.05) is 12.1 Å². The Morgan fingerprint density at radius 2 is 2.26 bits per heavy atom. The second kappa shape index (κ2) is 4.86. The average Bonchev–Trinajstić information content (AvgIpc) is 2.94. The Hall–Kier alpha value is -2.74. The van der Waals surface area contributed by atoms with Crippen LogP contribution in [-0.2, 0) is 6.54 Å². The maximum atomic E-state index is 9.01. The fraction of sp³-hybridized carbons (Fsp3) is 0.143. The highest BCUT2D eigenvalue weighted by molar-refractivity contribution is 5.57. The summed E-state index contributed by atoms with van der Waals surface area (Å²) in [5.74, 6) is 1.52. The zero-order valence-electron chi connectivity index (χ0n) is 10.1. The van der Waals surface area contributed by atoms with Crippen LogP contribution in [0.2, 0.25) is 0 Å². The molecule has 0 bridgehead atoms. The smallest absolute Gasteiger partial charge is 0.231 e. The second-order valence-corrected chi connectivity index (χ2v) is 4.04. The zero-order chi connectivity index (χ0) is 13.1. The number of nitrogens with zero attached hydrogens (tertiary/aromatic N) is 2.